The first kappa shape index (κ1) is 6.45. The van der Waals surface area contributed by atoms with Crippen LogP contribution in [0.3, 0.4) is 0 Å². The molecule has 4 aliphatic carbocycles. The van der Waals surface area contributed by atoms with E-state index in [0.717, 1.165) is 16.7 Å². The Balaban J connectivity index is 1.78. The summed E-state index contributed by atoms with van der Waals surface area (Å²) >= 11 is 0. The van der Waals surface area contributed by atoms with Crippen LogP contribution in [0.2, 0.25) is 0 Å². The zero-order valence-corrected chi connectivity index (χ0v) is 7.97. The monoisotopic (exact) mass is 162 g/mol. The van der Waals surface area contributed by atoms with Crippen molar-refractivity contribution < 1.29 is 0 Å². The van der Waals surface area contributed by atoms with E-state index in [2.05, 4.69) is 6.92 Å². The minimum Gasteiger partial charge on any atom is -0.0625 e. The number of rotatable bonds is 0. The molecule has 0 saturated heterocycles. The molecule has 4 rings (SSSR count). The van der Waals surface area contributed by atoms with E-state index in [0.29, 0.717) is 0 Å². The van der Waals surface area contributed by atoms with Gasteiger partial charge in [0.2, 0.25) is 0 Å². The van der Waals surface area contributed by atoms with E-state index < -0.39 is 0 Å². The maximum Gasteiger partial charge on any atom is -0.0199 e. The first-order valence-corrected chi connectivity index (χ1v) is 5.79. The fraction of sp³-hybridized carbons (Fsp3) is 1.00. The number of hydrogen-bond donors (Lipinski definition) is 0. The first-order valence-electron chi connectivity index (χ1n) is 5.79. The summed E-state index contributed by atoms with van der Waals surface area (Å²) in [7, 11) is 0. The Morgan fingerprint density at radius 3 is 3.00 bits per heavy atom. The maximum absolute atomic E-state index is 2.48. The molecule has 4 aliphatic rings. The molecule has 0 aromatic carbocycles. The van der Waals surface area contributed by atoms with Crippen molar-refractivity contribution in [3.05, 3.63) is 0 Å². The Bertz CT molecular complexity index is 257. The van der Waals surface area contributed by atoms with Crippen LogP contribution in [-0.4, -0.2) is 0 Å². The molecule has 4 saturated carbocycles. The normalized spacial score (nSPS) is 71.2. The third-order valence-corrected chi connectivity index (χ3v) is 5.91. The summed E-state index contributed by atoms with van der Waals surface area (Å²) in [6.45, 7) is 2.48. The molecule has 0 amide bonds. The van der Waals surface area contributed by atoms with Crippen LogP contribution in [0.25, 0.3) is 0 Å². The fourth-order valence-corrected chi connectivity index (χ4v) is 5.79. The molecule has 66 valence electrons. The quantitative estimate of drug-likeness (QED) is 0.513. The highest BCUT2D eigenvalue weighted by atomic mass is 14.9. The molecule has 12 heavy (non-hydrogen) atoms. The van der Waals surface area contributed by atoms with Gasteiger partial charge in [0.05, 0.1) is 0 Å². The van der Waals surface area contributed by atoms with Gasteiger partial charge in [-0.3, -0.25) is 0 Å². The molecule has 0 nitrogen and oxygen atoms in total. The van der Waals surface area contributed by atoms with E-state index >= 15 is 0 Å². The first-order chi connectivity index (χ1) is 5.79. The smallest absolute Gasteiger partial charge is 0.0199 e. The van der Waals surface area contributed by atoms with Crippen LogP contribution in [0.1, 0.15) is 45.4 Å². The van der Waals surface area contributed by atoms with E-state index in [-0.39, 0.29) is 0 Å². The van der Waals surface area contributed by atoms with Crippen molar-refractivity contribution >= 4 is 0 Å². The highest BCUT2D eigenvalue weighted by Crippen LogP contribution is 2.92. The lowest BCUT2D eigenvalue weighted by atomic mass is 9.60. The molecule has 0 aromatic rings. The van der Waals surface area contributed by atoms with Crippen molar-refractivity contribution in [2.75, 3.05) is 0 Å². The molecule has 0 heteroatoms. The molecule has 0 bridgehead atoms. The molecule has 4 fully saturated rings. The van der Waals surface area contributed by atoms with Crippen molar-refractivity contribution in [1.29, 1.82) is 0 Å². The van der Waals surface area contributed by atoms with Crippen LogP contribution in [0, 0.1) is 28.6 Å². The van der Waals surface area contributed by atoms with Crippen molar-refractivity contribution in [3.8, 4) is 0 Å². The Morgan fingerprint density at radius 2 is 2.08 bits per heavy atom. The fourth-order valence-electron chi connectivity index (χ4n) is 5.79. The van der Waals surface area contributed by atoms with Crippen molar-refractivity contribution in [3.63, 3.8) is 0 Å². The van der Waals surface area contributed by atoms with Gasteiger partial charge in [-0.05, 0) is 60.7 Å². The average Bonchev–Trinajstić information content (AvgIpc) is 2.34. The second kappa shape index (κ2) is 1.51. The molecule has 0 aliphatic heterocycles. The SMILES string of the molecule is CC1CC2C3CCCC34CC24C1. The van der Waals surface area contributed by atoms with E-state index in [1.165, 1.54) is 11.8 Å². The second-order valence-corrected chi connectivity index (χ2v) is 6.14. The highest BCUT2D eigenvalue weighted by molar-refractivity contribution is 5.33. The topological polar surface area (TPSA) is 0 Å². The summed E-state index contributed by atoms with van der Waals surface area (Å²) in [6, 6.07) is 0. The summed E-state index contributed by atoms with van der Waals surface area (Å²) < 4.78 is 0. The van der Waals surface area contributed by atoms with Gasteiger partial charge in [-0.25, -0.2) is 0 Å². The van der Waals surface area contributed by atoms with Gasteiger partial charge in [-0.1, -0.05) is 13.3 Å². The third-order valence-electron chi connectivity index (χ3n) is 5.91. The minimum atomic E-state index is 0.952. The Labute approximate surface area is 74.7 Å². The van der Waals surface area contributed by atoms with Gasteiger partial charge < -0.3 is 0 Å². The van der Waals surface area contributed by atoms with Gasteiger partial charge in [0.1, 0.15) is 0 Å². The standard InChI is InChI=1S/C12H18/c1-8-5-10-9-3-2-4-11(9)7-12(10,11)6-8/h8-10H,2-7H2,1H3. The molecule has 2 spiro atoms. The Morgan fingerprint density at radius 1 is 1.17 bits per heavy atom. The van der Waals surface area contributed by atoms with Gasteiger partial charge in [0.15, 0.2) is 0 Å². The van der Waals surface area contributed by atoms with Crippen LogP contribution in [-0.2, 0) is 0 Å². The summed E-state index contributed by atoms with van der Waals surface area (Å²) in [6.07, 6.45) is 9.62. The van der Waals surface area contributed by atoms with Crippen LogP contribution in [0.15, 0.2) is 0 Å². The lowest BCUT2D eigenvalue weighted by Crippen LogP contribution is -2.39. The van der Waals surface area contributed by atoms with Crippen LogP contribution >= 0.6 is 0 Å². The number of hydrogen-bond acceptors (Lipinski definition) is 0. The molecule has 0 N–H and O–H groups in total. The minimum absolute atomic E-state index is 0.952. The van der Waals surface area contributed by atoms with Gasteiger partial charge >= 0.3 is 0 Å². The van der Waals surface area contributed by atoms with Gasteiger partial charge in [-0.2, -0.15) is 0 Å². The average molecular weight is 162 g/mol. The molecule has 5 unspecified atom stereocenters. The summed E-state index contributed by atoms with van der Waals surface area (Å²) in [5, 5.41) is 0. The predicted octanol–water partition coefficient (Wildman–Crippen LogP) is 3.22. The van der Waals surface area contributed by atoms with E-state index in [4.69, 9.17) is 0 Å². The van der Waals surface area contributed by atoms with Crippen LogP contribution < -0.4 is 0 Å². The van der Waals surface area contributed by atoms with Crippen molar-refractivity contribution in [2.24, 2.45) is 28.6 Å². The summed E-state index contributed by atoms with van der Waals surface area (Å²) in [5.41, 5.74) is 1.91. The van der Waals surface area contributed by atoms with Gasteiger partial charge in [0.25, 0.3) is 0 Å². The zero-order chi connectivity index (χ0) is 7.97. The van der Waals surface area contributed by atoms with Crippen molar-refractivity contribution in [1.82, 2.24) is 0 Å². The Hall–Kier alpha value is 0. The molecule has 0 radical (unpaired) electrons. The van der Waals surface area contributed by atoms with Crippen LogP contribution in [0.5, 0.6) is 0 Å². The molecule has 0 heterocycles. The molecular formula is C12H18. The summed E-state index contributed by atoms with van der Waals surface area (Å²) in [5.74, 6) is 3.48. The van der Waals surface area contributed by atoms with Gasteiger partial charge in [0, 0.05) is 0 Å². The third kappa shape index (κ3) is 0.400. The highest BCUT2D eigenvalue weighted by Gasteiger charge is 2.85. The molecule has 0 aromatic heterocycles. The second-order valence-electron chi connectivity index (χ2n) is 6.14. The van der Waals surface area contributed by atoms with E-state index in [9.17, 15) is 0 Å². The predicted molar refractivity (Wildman–Crippen MR) is 48.7 cm³/mol. The number of fused-ring (bicyclic) bond motifs is 1. The maximum atomic E-state index is 2.48. The van der Waals surface area contributed by atoms with Crippen molar-refractivity contribution in [2.45, 2.75) is 45.4 Å². The van der Waals surface area contributed by atoms with Crippen LogP contribution in [0.4, 0.5) is 0 Å². The van der Waals surface area contributed by atoms with E-state index in [1.807, 2.05) is 0 Å². The Kier molecular flexibility index (Phi) is 0.811. The largest absolute Gasteiger partial charge is 0.0625 e. The molecular weight excluding hydrogens is 144 g/mol. The molecule has 5 atom stereocenters. The lowest BCUT2D eigenvalue weighted by molar-refractivity contribution is 0.0302. The zero-order valence-electron chi connectivity index (χ0n) is 7.97. The van der Waals surface area contributed by atoms with E-state index in [1.54, 1.807) is 38.5 Å². The lowest BCUT2D eigenvalue weighted by Gasteiger charge is -2.44. The van der Waals surface area contributed by atoms with Gasteiger partial charge in [-0.15, -0.1) is 0 Å². The summed E-state index contributed by atoms with van der Waals surface area (Å²) in [4.78, 5) is 0.